The van der Waals surface area contributed by atoms with Crippen molar-refractivity contribution in [2.24, 2.45) is 0 Å². The molecule has 128 valence electrons. The predicted molar refractivity (Wildman–Crippen MR) is 93.1 cm³/mol. The second kappa shape index (κ2) is 8.64. The molecular weight excluding hydrogens is 314 g/mol. The van der Waals surface area contributed by atoms with Gasteiger partial charge in [0.25, 0.3) is 5.91 Å². The van der Waals surface area contributed by atoms with Gasteiger partial charge in [0.15, 0.2) is 0 Å². The molecule has 0 saturated carbocycles. The highest BCUT2D eigenvalue weighted by Gasteiger charge is 2.21. The van der Waals surface area contributed by atoms with Gasteiger partial charge >= 0.3 is 0 Å². The van der Waals surface area contributed by atoms with Crippen LogP contribution in [-0.2, 0) is 17.8 Å². The number of hydrogen-bond acceptors (Lipinski definition) is 4. The number of methoxy groups -OCH3 is 1. The molecular formula is C17H26ClN3O2. The molecule has 2 heterocycles. The molecule has 5 nitrogen and oxygen atoms in total. The van der Waals surface area contributed by atoms with E-state index >= 15 is 0 Å². The lowest BCUT2D eigenvalue weighted by atomic mass is 10.1. The molecule has 23 heavy (non-hydrogen) atoms. The minimum absolute atomic E-state index is 0. The van der Waals surface area contributed by atoms with Crippen molar-refractivity contribution in [1.29, 1.82) is 0 Å². The number of hydrogen-bond donors (Lipinski definition) is 1. The van der Waals surface area contributed by atoms with E-state index in [4.69, 9.17) is 4.74 Å². The molecule has 1 aromatic carbocycles. The monoisotopic (exact) mass is 339 g/mol. The maximum atomic E-state index is 12.7. The lowest BCUT2D eigenvalue weighted by Gasteiger charge is -2.22. The van der Waals surface area contributed by atoms with Gasteiger partial charge in [-0.25, -0.2) is 0 Å². The fourth-order valence-corrected chi connectivity index (χ4v) is 3.23. The molecule has 0 spiro atoms. The summed E-state index contributed by atoms with van der Waals surface area (Å²) in [5.41, 5.74) is 3.41. The molecule has 1 fully saturated rings. The lowest BCUT2D eigenvalue weighted by Crippen LogP contribution is -2.36. The minimum atomic E-state index is 0. The Kier molecular flexibility index (Phi) is 6.84. The molecule has 3 rings (SSSR count). The highest BCUT2D eigenvalue weighted by molar-refractivity contribution is 5.94. The number of nitrogens with zero attached hydrogens (tertiary/aromatic N) is 2. The third-order valence-corrected chi connectivity index (χ3v) is 4.57. The molecule has 1 aromatic rings. The molecule has 6 heteroatoms. The van der Waals surface area contributed by atoms with Crippen LogP contribution in [0.15, 0.2) is 18.2 Å². The average molecular weight is 340 g/mol. The maximum Gasteiger partial charge on any atom is 0.253 e. The molecule has 1 N–H and O–H groups in total. The van der Waals surface area contributed by atoms with Crippen LogP contribution in [0.25, 0.3) is 0 Å². The van der Waals surface area contributed by atoms with Crippen molar-refractivity contribution >= 4 is 18.3 Å². The van der Waals surface area contributed by atoms with Gasteiger partial charge in [-0.15, -0.1) is 12.4 Å². The third kappa shape index (κ3) is 4.44. The zero-order chi connectivity index (χ0) is 15.4. The molecule has 1 saturated heterocycles. The van der Waals surface area contributed by atoms with Crippen LogP contribution in [0.3, 0.4) is 0 Å². The molecule has 0 radical (unpaired) electrons. The standard InChI is InChI=1S/C17H25N3O2.ClH/c1-22-10-9-19-5-2-6-20(8-7-19)17(21)14-3-4-15-12-18-13-16(15)11-14;/h3-4,11,18H,2,5-10,12-13H2,1H3;1H. The van der Waals surface area contributed by atoms with Crippen molar-refractivity contribution in [1.82, 2.24) is 15.1 Å². The van der Waals surface area contributed by atoms with Crippen LogP contribution >= 0.6 is 12.4 Å². The third-order valence-electron chi connectivity index (χ3n) is 4.57. The highest BCUT2D eigenvalue weighted by Crippen LogP contribution is 2.18. The van der Waals surface area contributed by atoms with Crippen molar-refractivity contribution in [3.63, 3.8) is 0 Å². The smallest absolute Gasteiger partial charge is 0.253 e. The van der Waals surface area contributed by atoms with Gasteiger partial charge in [0.1, 0.15) is 0 Å². The van der Waals surface area contributed by atoms with Crippen LogP contribution in [0, 0.1) is 0 Å². The van der Waals surface area contributed by atoms with Crippen LogP contribution in [0.2, 0.25) is 0 Å². The normalized spacial score (nSPS) is 18.2. The fraction of sp³-hybridized carbons (Fsp3) is 0.588. The lowest BCUT2D eigenvalue weighted by molar-refractivity contribution is 0.0759. The van der Waals surface area contributed by atoms with Gasteiger partial charge < -0.3 is 15.0 Å². The number of carbonyl (C=O) groups excluding carboxylic acids is 1. The van der Waals surface area contributed by atoms with E-state index in [0.717, 1.165) is 64.4 Å². The zero-order valence-corrected chi connectivity index (χ0v) is 14.5. The van der Waals surface area contributed by atoms with E-state index in [1.54, 1.807) is 7.11 Å². The summed E-state index contributed by atoms with van der Waals surface area (Å²) in [5, 5.41) is 3.33. The largest absolute Gasteiger partial charge is 0.383 e. The van der Waals surface area contributed by atoms with Crippen molar-refractivity contribution in [2.75, 3.05) is 46.4 Å². The van der Waals surface area contributed by atoms with Crippen LogP contribution in [0.5, 0.6) is 0 Å². The number of fused-ring (bicyclic) bond motifs is 1. The topological polar surface area (TPSA) is 44.8 Å². The van der Waals surface area contributed by atoms with E-state index in [-0.39, 0.29) is 18.3 Å². The van der Waals surface area contributed by atoms with Crippen molar-refractivity contribution in [3.8, 4) is 0 Å². The molecule has 0 aliphatic carbocycles. The number of amides is 1. The quantitative estimate of drug-likeness (QED) is 0.903. The van der Waals surface area contributed by atoms with Crippen molar-refractivity contribution in [3.05, 3.63) is 34.9 Å². The van der Waals surface area contributed by atoms with Gasteiger partial charge in [0.05, 0.1) is 6.61 Å². The summed E-state index contributed by atoms with van der Waals surface area (Å²) in [6.07, 6.45) is 1.03. The summed E-state index contributed by atoms with van der Waals surface area (Å²) in [5.74, 6) is 0.170. The number of benzene rings is 1. The van der Waals surface area contributed by atoms with Crippen LogP contribution in [0.4, 0.5) is 0 Å². The Bertz CT molecular complexity index is 539. The Morgan fingerprint density at radius 2 is 2.00 bits per heavy atom. The molecule has 0 atom stereocenters. The number of halogens is 1. The van der Waals surface area contributed by atoms with Gasteiger partial charge in [0.2, 0.25) is 0 Å². The van der Waals surface area contributed by atoms with Gasteiger partial charge in [-0.3, -0.25) is 9.69 Å². The van der Waals surface area contributed by atoms with E-state index in [9.17, 15) is 4.79 Å². The Morgan fingerprint density at radius 3 is 2.83 bits per heavy atom. The van der Waals surface area contributed by atoms with Gasteiger partial charge in [-0.05, 0) is 36.2 Å². The fourth-order valence-electron chi connectivity index (χ4n) is 3.23. The van der Waals surface area contributed by atoms with E-state index in [0.29, 0.717) is 0 Å². The summed E-state index contributed by atoms with van der Waals surface area (Å²) in [7, 11) is 1.73. The first-order valence-electron chi connectivity index (χ1n) is 8.11. The molecule has 2 aliphatic rings. The van der Waals surface area contributed by atoms with Crippen LogP contribution in [0.1, 0.15) is 27.9 Å². The van der Waals surface area contributed by atoms with Crippen molar-refractivity contribution < 1.29 is 9.53 Å². The first-order valence-corrected chi connectivity index (χ1v) is 8.11. The van der Waals surface area contributed by atoms with E-state index in [1.165, 1.54) is 11.1 Å². The van der Waals surface area contributed by atoms with E-state index < -0.39 is 0 Å². The maximum absolute atomic E-state index is 12.7. The second-order valence-corrected chi connectivity index (χ2v) is 6.07. The molecule has 0 unspecified atom stereocenters. The zero-order valence-electron chi connectivity index (χ0n) is 13.7. The Morgan fingerprint density at radius 1 is 1.17 bits per heavy atom. The molecule has 0 bridgehead atoms. The summed E-state index contributed by atoms with van der Waals surface area (Å²) < 4.78 is 5.14. The van der Waals surface area contributed by atoms with Gasteiger partial charge in [-0.1, -0.05) is 6.07 Å². The van der Waals surface area contributed by atoms with E-state index in [1.807, 2.05) is 11.0 Å². The van der Waals surface area contributed by atoms with Crippen LogP contribution < -0.4 is 5.32 Å². The summed E-state index contributed by atoms with van der Waals surface area (Å²) in [6.45, 7) is 7.12. The minimum Gasteiger partial charge on any atom is -0.383 e. The Labute approximate surface area is 144 Å². The second-order valence-electron chi connectivity index (χ2n) is 6.07. The summed E-state index contributed by atoms with van der Waals surface area (Å²) in [6, 6.07) is 6.12. The molecule has 0 aromatic heterocycles. The van der Waals surface area contributed by atoms with Crippen LogP contribution in [-0.4, -0.2) is 62.1 Å². The summed E-state index contributed by atoms with van der Waals surface area (Å²) in [4.78, 5) is 17.1. The number of nitrogens with one attached hydrogen (secondary N) is 1. The molecule has 2 aliphatic heterocycles. The number of ether oxygens (including phenoxy) is 1. The van der Waals surface area contributed by atoms with Crippen molar-refractivity contribution in [2.45, 2.75) is 19.5 Å². The summed E-state index contributed by atoms with van der Waals surface area (Å²) >= 11 is 0. The average Bonchev–Trinajstić information content (AvgIpc) is 2.89. The van der Waals surface area contributed by atoms with E-state index in [2.05, 4.69) is 22.3 Å². The Hall–Kier alpha value is -1.14. The SMILES string of the molecule is COCCN1CCCN(C(=O)c2ccc3c(c2)CNC3)CC1.Cl. The number of carbonyl (C=O) groups is 1. The molecule has 1 amide bonds. The number of rotatable bonds is 4. The van der Waals surface area contributed by atoms with Gasteiger partial charge in [-0.2, -0.15) is 0 Å². The highest BCUT2D eigenvalue weighted by atomic mass is 35.5. The first-order chi connectivity index (χ1) is 10.8. The first kappa shape index (κ1) is 18.2. The Balaban J connectivity index is 0.00000192. The predicted octanol–water partition coefficient (Wildman–Crippen LogP) is 1.51. The van der Waals surface area contributed by atoms with Gasteiger partial charge in [0, 0.05) is 51.9 Å².